The molecule has 1 unspecified atom stereocenters. The number of hydrogen-bond acceptors (Lipinski definition) is 1. The standard InChI is InChI=1S/C28H29ClFNO/c1-3-7-19(20-11-12-20)13-15-22-8-6-17-31(22)27-16-14-21(29)18-25(27)28(32)24-9-5-10-26(30)23(24)4-2/h5-6,8-10,13-18,28,32H,3-4,7,11-12H2,1-2H3/b15-13+. The third-order valence-electron chi connectivity index (χ3n) is 6.06. The molecule has 1 aromatic heterocycles. The van der Waals surface area contributed by atoms with Crippen LogP contribution >= 0.6 is 11.6 Å². The van der Waals surface area contributed by atoms with Crippen molar-refractivity contribution in [3.05, 3.63) is 105 Å². The molecular weight excluding hydrogens is 421 g/mol. The zero-order valence-corrected chi connectivity index (χ0v) is 19.4. The lowest BCUT2D eigenvalue weighted by Gasteiger charge is -2.20. The molecule has 2 aromatic carbocycles. The summed E-state index contributed by atoms with van der Waals surface area (Å²) < 4.78 is 16.5. The van der Waals surface area contributed by atoms with Crippen molar-refractivity contribution in [1.29, 1.82) is 0 Å². The molecule has 0 aliphatic heterocycles. The lowest BCUT2D eigenvalue weighted by molar-refractivity contribution is 0.218. The summed E-state index contributed by atoms with van der Waals surface area (Å²) in [7, 11) is 0. The fourth-order valence-electron chi connectivity index (χ4n) is 4.30. The Morgan fingerprint density at radius 3 is 2.66 bits per heavy atom. The van der Waals surface area contributed by atoms with E-state index in [1.54, 1.807) is 23.8 Å². The molecule has 1 atom stereocenters. The van der Waals surface area contributed by atoms with E-state index in [-0.39, 0.29) is 5.82 Å². The van der Waals surface area contributed by atoms with Gasteiger partial charge < -0.3 is 9.67 Å². The van der Waals surface area contributed by atoms with Gasteiger partial charge in [-0.2, -0.15) is 0 Å². The molecule has 0 saturated heterocycles. The molecule has 0 radical (unpaired) electrons. The van der Waals surface area contributed by atoms with Crippen LogP contribution in [0.3, 0.4) is 0 Å². The second kappa shape index (κ2) is 9.89. The van der Waals surface area contributed by atoms with E-state index in [9.17, 15) is 9.50 Å². The minimum absolute atomic E-state index is 0.297. The minimum atomic E-state index is -0.988. The predicted octanol–water partition coefficient (Wildman–Crippen LogP) is 7.82. The predicted molar refractivity (Wildman–Crippen MR) is 131 cm³/mol. The molecule has 3 aromatic rings. The van der Waals surface area contributed by atoms with E-state index < -0.39 is 6.10 Å². The maximum Gasteiger partial charge on any atom is 0.126 e. The first-order valence-electron chi connectivity index (χ1n) is 11.3. The van der Waals surface area contributed by atoms with E-state index in [1.807, 2.05) is 31.3 Å². The highest BCUT2D eigenvalue weighted by Gasteiger charge is 2.21. The Morgan fingerprint density at radius 2 is 1.94 bits per heavy atom. The van der Waals surface area contributed by atoms with Crippen LogP contribution in [0.15, 0.2) is 72.0 Å². The normalized spacial score (nSPS) is 14.2. The Labute approximate surface area is 194 Å². The van der Waals surface area contributed by atoms with Gasteiger partial charge in [-0.05, 0) is 84.9 Å². The van der Waals surface area contributed by atoms with E-state index in [0.29, 0.717) is 28.1 Å². The first kappa shape index (κ1) is 22.6. The number of nitrogens with zero attached hydrogens (tertiary/aromatic N) is 1. The van der Waals surface area contributed by atoms with E-state index in [4.69, 9.17) is 11.6 Å². The molecule has 4 rings (SSSR count). The number of halogens is 2. The Morgan fingerprint density at radius 1 is 1.12 bits per heavy atom. The van der Waals surface area contributed by atoms with Crippen molar-refractivity contribution in [1.82, 2.24) is 4.57 Å². The highest BCUT2D eigenvalue weighted by molar-refractivity contribution is 6.30. The van der Waals surface area contributed by atoms with E-state index >= 15 is 0 Å². The van der Waals surface area contributed by atoms with Crippen LogP contribution in [0.25, 0.3) is 11.8 Å². The summed E-state index contributed by atoms with van der Waals surface area (Å²) in [5, 5.41) is 11.9. The van der Waals surface area contributed by atoms with Gasteiger partial charge in [-0.3, -0.25) is 0 Å². The summed E-state index contributed by atoms with van der Waals surface area (Å²) in [5.41, 5.74) is 6.59. The van der Waals surface area contributed by atoms with Gasteiger partial charge in [0.2, 0.25) is 0 Å². The van der Waals surface area contributed by atoms with Crippen molar-refractivity contribution in [2.45, 2.75) is 52.1 Å². The monoisotopic (exact) mass is 449 g/mol. The number of aromatic nitrogens is 1. The van der Waals surface area contributed by atoms with Crippen LogP contribution in [-0.2, 0) is 6.42 Å². The van der Waals surface area contributed by atoms with Crippen LogP contribution in [0.4, 0.5) is 4.39 Å². The number of benzene rings is 2. The van der Waals surface area contributed by atoms with Gasteiger partial charge in [-0.1, -0.05) is 55.7 Å². The molecule has 1 fully saturated rings. The number of hydrogen-bond donors (Lipinski definition) is 1. The van der Waals surface area contributed by atoms with Gasteiger partial charge in [-0.25, -0.2) is 4.39 Å². The van der Waals surface area contributed by atoms with E-state index in [2.05, 4.69) is 29.7 Å². The van der Waals surface area contributed by atoms with Crippen LogP contribution in [0.1, 0.15) is 68.0 Å². The van der Waals surface area contributed by atoms with Crippen LogP contribution < -0.4 is 0 Å². The topological polar surface area (TPSA) is 25.2 Å². The maximum atomic E-state index is 14.4. The molecule has 32 heavy (non-hydrogen) atoms. The maximum absolute atomic E-state index is 14.4. The fourth-order valence-corrected chi connectivity index (χ4v) is 4.48. The molecule has 0 amide bonds. The van der Waals surface area contributed by atoms with Gasteiger partial charge in [0.1, 0.15) is 11.9 Å². The molecule has 1 aliphatic carbocycles. The van der Waals surface area contributed by atoms with Gasteiger partial charge in [0.15, 0.2) is 0 Å². The van der Waals surface area contributed by atoms with Crippen molar-refractivity contribution in [3.63, 3.8) is 0 Å². The number of aliphatic hydroxyl groups is 1. The molecule has 0 spiro atoms. The number of allylic oxidation sites excluding steroid dienone is 3. The summed E-state index contributed by atoms with van der Waals surface area (Å²) in [6.45, 7) is 4.10. The van der Waals surface area contributed by atoms with Crippen molar-refractivity contribution < 1.29 is 9.50 Å². The van der Waals surface area contributed by atoms with Crippen LogP contribution in [0.2, 0.25) is 5.02 Å². The average molecular weight is 450 g/mol. The zero-order chi connectivity index (χ0) is 22.7. The second-order valence-electron chi connectivity index (χ2n) is 8.28. The van der Waals surface area contributed by atoms with Crippen molar-refractivity contribution in [2.75, 3.05) is 0 Å². The van der Waals surface area contributed by atoms with E-state index in [1.165, 1.54) is 24.5 Å². The SMILES string of the molecule is CCCC(/C=C/c1cccn1-c1ccc(Cl)cc1C(O)c1cccc(F)c1CC)=C1CC1. The quantitative estimate of drug-likeness (QED) is 0.372. The zero-order valence-electron chi connectivity index (χ0n) is 18.6. The first-order chi connectivity index (χ1) is 15.5. The highest BCUT2D eigenvalue weighted by Crippen LogP contribution is 2.35. The average Bonchev–Trinajstić information content (AvgIpc) is 3.53. The third-order valence-corrected chi connectivity index (χ3v) is 6.29. The Kier molecular flexibility index (Phi) is 6.98. The fraction of sp³-hybridized carbons (Fsp3) is 0.286. The summed E-state index contributed by atoms with van der Waals surface area (Å²) in [5.74, 6) is -0.297. The number of aliphatic hydroxyl groups excluding tert-OH is 1. The lowest BCUT2D eigenvalue weighted by atomic mass is 9.94. The summed E-state index contributed by atoms with van der Waals surface area (Å²) >= 11 is 6.32. The molecule has 1 aliphatic rings. The van der Waals surface area contributed by atoms with Crippen LogP contribution in [0, 0.1) is 5.82 Å². The second-order valence-corrected chi connectivity index (χ2v) is 8.72. The largest absolute Gasteiger partial charge is 0.384 e. The number of rotatable bonds is 8. The molecule has 166 valence electrons. The lowest BCUT2D eigenvalue weighted by Crippen LogP contribution is -2.09. The van der Waals surface area contributed by atoms with Crippen molar-refractivity contribution >= 4 is 17.7 Å². The van der Waals surface area contributed by atoms with Gasteiger partial charge in [0, 0.05) is 22.5 Å². The molecule has 4 heteroatoms. The van der Waals surface area contributed by atoms with Gasteiger partial charge in [0.25, 0.3) is 0 Å². The molecule has 0 bridgehead atoms. The van der Waals surface area contributed by atoms with E-state index in [0.717, 1.165) is 24.2 Å². The van der Waals surface area contributed by atoms with Crippen molar-refractivity contribution in [2.24, 2.45) is 0 Å². The van der Waals surface area contributed by atoms with Gasteiger partial charge >= 0.3 is 0 Å². The van der Waals surface area contributed by atoms with Crippen molar-refractivity contribution in [3.8, 4) is 5.69 Å². The summed E-state index contributed by atoms with van der Waals surface area (Å²) in [4.78, 5) is 0. The molecular formula is C28H29ClFNO. The highest BCUT2D eigenvalue weighted by atomic mass is 35.5. The smallest absolute Gasteiger partial charge is 0.126 e. The molecule has 1 N–H and O–H groups in total. The third kappa shape index (κ3) is 4.74. The Balaban J connectivity index is 1.76. The summed E-state index contributed by atoms with van der Waals surface area (Å²) in [6, 6.07) is 14.4. The Hall–Kier alpha value is -2.62. The molecule has 2 nitrogen and oxygen atoms in total. The first-order valence-corrected chi connectivity index (χ1v) is 11.7. The molecule has 1 heterocycles. The van der Waals surface area contributed by atoms with Crippen LogP contribution in [0.5, 0.6) is 0 Å². The van der Waals surface area contributed by atoms with Crippen LogP contribution in [-0.4, -0.2) is 9.67 Å². The Bertz CT molecular complexity index is 1170. The van der Waals surface area contributed by atoms with Gasteiger partial charge in [0.05, 0.1) is 5.69 Å². The minimum Gasteiger partial charge on any atom is -0.384 e. The van der Waals surface area contributed by atoms with Gasteiger partial charge in [-0.15, -0.1) is 0 Å². The summed E-state index contributed by atoms with van der Waals surface area (Å²) in [6.07, 6.45) is 10.5. The molecule has 1 saturated carbocycles.